The van der Waals surface area contributed by atoms with Crippen LogP contribution < -0.4 is 9.47 Å². The predicted molar refractivity (Wildman–Crippen MR) is 73.1 cm³/mol. The number of fused-ring (bicyclic) bond motifs is 2. The molecule has 2 aliphatic rings. The Hall–Kier alpha value is -2.08. The Morgan fingerprint density at radius 1 is 1.30 bits per heavy atom. The third-order valence-electron chi connectivity index (χ3n) is 3.78. The Kier molecular flexibility index (Phi) is 3.10. The maximum absolute atomic E-state index is 12.6. The van der Waals surface area contributed by atoms with Crippen LogP contribution >= 0.6 is 0 Å². The number of ether oxygens (including phenoxy) is 2. The monoisotopic (exact) mass is 276 g/mol. The molecule has 1 aromatic rings. The molecule has 6 heteroatoms. The molecule has 1 N–H and O–H groups in total. The average Bonchev–Trinajstić information content (AvgIpc) is 2.77. The predicted octanol–water partition coefficient (Wildman–Crippen LogP) is 0.995. The molecule has 1 saturated heterocycles. The second-order valence-electron chi connectivity index (χ2n) is 4.85. The van der Waals surface area contributed by atoms with Gasteiger partial charge in [-0.25, -0.2) is 0 Å². The lowest BCUT2D eigenvalue weighted by Gasteiger charge is -2.21. The van der Waals surface area contributed by atoms with Crippen molar-refractivity contribution < 1.29 is 19.4 Å². The molecule has 0 bridgehead atoms. The van der Waals surface area contributed by atoms with E-state index in [1.165, 1.54) is 14.2 Å². The lowest BCUT2D eigenvalue weighted by atomic mass is 10.1. The van der Waals surface area contributed by atoms with Crippen molar-refractivity contribution in [1.82, 2.24) is 4.90 Å². The van der Waals surface area contributed by atoms with Crippen LogP contribution in [0.15, 0.2) is 17.1 Å². The molecule has 6 nitrogen and oxygen atoms in total. The standard InChI is InChI=1S/C14H16N2O4/c1-19-12-5-8-9(6-13(12)20-2)15-7-10-11(17)3-4-16(10)14(8)18/h5-7,10-11,17H,3-4H2,1-2H3. The van der Waals surface area contributed by atoms with Crippen molar-refractivity contribution in [3.63, 3.8) is 0 Å². The van der Waals surface area contributed by atoms with Gasteiger partial charge in [0.05, 0.1) is 37.6 Å². The van der Waals surface area contributed by atoms with E-state index < -0.39 is 6.10 Å². The molecule has 0 radical (unpaired) electrons. The highest BCUT2D eigenvalue weighted by atomic mass is 16.5. The van der Waals surface area contributed by atoms with Crippen molar-refractivity contribution >= 4 is 17.8 Å². The first-order chi connectivity index (χ1) is 9.65. The van der Waals surface area contributed by atoms with Crippen LogP contribution in [0.5, 0.6) is 11.5 Å². The number of aliphatic imine (C=N–C) groups is 1. The van der Waals surface area contributed by atoms with Crippen LogP contribution in [-0.4, -0.2) is 55.0 Å². The number of benzene rings is 1. The SMILES string of the molecule is COc1cc2c(cc1OC)C(=O)N1CCC(O)C1C=N2. The van der Waals surface area contributed by atoms with E-state index >= 15 is 0 Å². The van der Waals surface area contributed by atoms with Crippen LogP contribution in [0.3, 0.4) is 0 Å². The fraction of sp³-hybridized carbons (Fsp3) is 0.429. The zero-order valence-electron chi connectivity index (χ0n) is 11.4. The Labute approximate surface area is 116 Å². The van der Waals surface area contributed by atoms with Gasteiger partial charge < -0.3 is 19.5 Å². The van der Waals surface area contributed by atoms with Crippen LogP contribution in [0.25, 0.3) is 0 Å². The molecule has 2 atom stereocenters. The van der Waals surface area contributed by atoms with Gasteiger partial charge in [0.15, 0.2) is 11.5 Å². The number of nitrogens with zero attached hydrogens (tertiary/aromatic N) is 2. The molecule has 2 unspecified atom stereocenters. The lowest BCUT2D eigenvalue weighted by molar-refractivity contribution is 0.0727. The fourth-order valence-corrected chi connectivity index (χ4v) is 2.67. The van der Waals surface area contributed by atoms with Crippen molar-refractivity contribution in [2.75, 3.05) is 20.8 Å². The van der Waals surface area contributed by atoms with Gasteiger partial charge in [0.1, 0.15) is 0 Å². The zero-order chi connectivity index (χ0) is 14.3. The van der Waals surface area contributed by atoms with Gasteiger partial charge >= 0.3 is 0 Å². The molecule has 0 spiro atoms. The number of carbonyl (C=O) groups excluding carboxylic acids is 1. The maximum atomic E-state index is 12.6. The zero-order valence-corrected chi connectivity index (χ0v) is 11.4. The minimum Gasteiger partial charge on any atom is -0.493 e. The van der Waals surface area contributed by atoms with Crippen molar-refractivity contribution in [2.24, 2.45) is 4.99 Å². The molecule has 2 aliphatic heterocycles. The fourth-order valence-electron chi connectivity index (χ4n) is 2.67. The summed E-state index contributed by atoms with van der Waals surface area (Å²) in [7, 11) is 3.06. The van der Waals surface area contributed by atoms with E-state index in [4.69, 9.17) is 9.47 Å². The van der Waals surface area contributed by atoms with Gasteiger partial charge in [0, 0.05) is 18.8 Å². The summed E-state index contributed by atoms with van der Waals surface area (Å²) in [5.41, 5.74) is 1.00. The third kappa shape index (κ3) is 1.84. The Bertz CT molecular complexity index is 585. The molecular weight excluding hydrogens is 260 g/mol. The molecule has 0 saturated carbocycles. The van der Waals surface area contributed by atoms with E-state index in [0.29, 0.717) is 35.7 Å². The Morgan fingerprint density at radius 2 is 2.00 bits per heavy atom. The minimum absolute atomic E-state index is 0.139. The van der Waals surface area contributed by atoms with Gasteiger partial charge in [-0.3, -0.25) is 9.79 Å². The number of rotatable bonds is 2. The van der Waals surface area contributed by atoms with E-state index in [1.54, 1.807) is 23.2 Å². The highest BCUT2D eigenvalue weighted by Gasteiger charge is 2.38. The van der Waals surface area contributed by atoms with Crippen LogP contribution in [-0.2, 0) is 0 Å². The van der Waals surface area contributed by atoms with E-state index in [2.05, 4.69) is 4.99 Å². The first kappa shape index (κ1) is 12.9. The number of methoxy groups -OCH3 is 2. The highest BCUT2D eigenvalue weighted by Crippen LogP contribution is 2.37. The van der Waals surface area contributed by atoms with E-state index in [-0.39, 0.29) is 11.9 Å². The minimum atomic E-state index is -0.555. The van der Waals surface area contributed by atoms with Crippen molar-refractivity contribution in [2.45, 2.75) is 18.6 Å². The summed E-state index contributed by atoms with van der Waals surface area (Å²) >= 11 is 0. The Balaban J connectivity index is 2.10. The van der Waals surface area contributed by atoms with Gasteiger partial charge in [-0.1, -0.05) is 0 Å². The molecule has 0 aliphatic carbocycles. The van der Waals surface area contributed by atoms with Gasteiger partial charge in [-0.15, -0.1) is 0 Å². The summed E-state index contributed by atoms with van der Waals surface area (Å²) in [6.07, 6.45) is 1.65. The van der Waals surface area contributed by atoms with Gasteiger partial charge in [-0.2, -0.15) is 0 Å². The van der Waals surface area contributed by atoms with E-state index in [9.17, 15) is 9.90 Å². The van der Waals surface area contributed by atoms with E-state index in [0.717, 1.165) is 0 Å². The van der Waals surface area contributed by atoms with Gasteiger partial charge in [0.25, 0.3) is 5.91 Å². The summed E-state index contributed by atoms with van der Waals surface area (Å²) in [5, 5.41) is 9.91. The molecule has 20 heavy (non-hydrogen) atoms. The summed E-state index contributed by atoms with van der Waals surface area (Å²) < 4.78 is 10.4. The third-order valence-corrected chi connectivity index (χ3v) is 3.78. The van der Waals surface area contributed by atoms with Crippen LogP contribution in [0.4, 0.5) is 5.69 Å². The molecular formula is C14H16N2O4. The topological polar surface area (TPSA) is 71.4 Å². The normalized spacial score (nSPS) is 24.1. The van der Waals surface area contributed by atoms with Crippen LogP contribution in [0.2, 0.25) is 0 Å². The van der Waals surface area contributed by atoms with Gasteiger partial charge in [-0.05, 0) is 12.5 Å². The lowest BCUT2D eigenvalue weighted by Crippen LogP contribution is -2.39. The molecule has 3 rings (SSSR count). The van der Waals surface area contributed by atoms with Crippen LogP contribution in [0.1, 0.15) is 16.8 Å². The molecule has 1 fully saturated rings. The largest absolute Gasteiger partial charge is 0.493 e. The number of aliphatic hydroxyl groups excluding tert-OH is 1. The number of aliphatic hydroxyl groups is 1. The summed E-state index contributed by atoms with van der Waals surface area (Å²) in [6.45, 7) is 0.532. The average molecular weight is 276 g/mol. The van der Waals surface area contributed by atoms with Crippen LogP contribution in [0, 0.1) is 0 Å². The number of hydrogen-bond acceptors (Lipinski definition) is 5. The van der Waals surface area contributed by atoms with Gasteiger partial charge in [0.2, 0.25) is 0 Å². The summed E-state index contributed by atoms with van der Waals surface area (Å²) in [6, 6.07) is 2.96. The second-order valence-corrected chi connectivity index (χ2v) is 4.85. The van der Waals surface area contributed by atoms with E-state index in [1.807, 2.05) is 0 Å². The van der Waals surface area contributed by atoms with Crippen molar-refractivity contribution in [3.05, 3.63) is 17.7 Å². The number of carbonyl (C=O) groups is 1. The summed E-state index contributed by atoms with van der Waals surface area (Å²) in [5.74, 6) is 0.881. The molecule has 106 valence electrons. The first-order valence-corrected chi connectivity index (χ1v) is 6.45. The Morgan fingerprint density at radius 3 is 2.70 bits per heavy atom. The van der Waals surface area contributed by atoms with Crippen molar-refractivity contribution in [3.8, 4) is 11.5 Å². The molecule has 2 heterocycles. The maximum Gasteiger partial charge on any atom is 0.256 e. The molecule has 1 amide bonds. The van der Waals surface area contributed by atoms with Crippen molar-refractivity contribution in [1.29, 1.82) is 0 Å². The second kappa shape index (κ2) is 4.79. The smallest absolute Gasteiger partial charge is 0.256 e. The first-order valence-electron chi connectivity index (χ1n) is 6.45. The molecule has 0 aromatic heterocycles. The summed E-state index contributed by atoms with van der Waals surface area (Å²) in [4.78, 5) is 18.5. The number of hydrogen-bond donors (Lipinski definition) is 1. The quantitative estimate of drug-likeness (QED) is 0.874. The molecule has 1 aromatic carbocycles. The highest BCUT2D eigenvalue weighted by molar-refractivity contribution is 6.03. The number of amides is 1.